The van der Waals surface area contributed by atoms with Crippen molar-refractivity contribution in [1.82, 2.24) is 9.97 Å². The lowest BCUT2D eigenvalue weighted by atomic mass is 10.1. The summed E-state index contributed by atoms with van der Waals surface area (Å²) in [6.07, 6.45) is 0. The van der Waals surface area contributed by atoms with E-state index in [2.05, 4.69) is 49.8 Å². The topological polar surface area (TPSA) is 52.1 Å². The molecule has 0 N–H and O–H groups in total. The predicted octanol–water partition coefficient (Wildman–Crippen LogP) is 6.54. The largest absolute Gasteiger partial charge is 0.436 e. The molecule has 3 aromatic carbocycles. The fourth-order valence-electron chi connectivity index (χ4n) is 3.45. The molecule has 0 saturated carbocycles. The van der Waals surface area contributed by atoms with E-state index in [1.807, 2.05) is 36.4 Å². The standard InChI is InChI=1S/C24H20N2O2/c1-13-5-11-19-21(15(13)3)27-23(25-19)17-7-9-18(10-8-17)24-26-20-12-6-14(2)16(4)22(20)28-24/h5-12H,1-4H3. The lowest BCUT2D eigenvalue weighted by Gasteiger charge is -1.99. The highest BCUT2D eigenvalue weighted by Gasteiger charge is 2.14. The van der Waals surface area contributed by atoms with Gasteiger partial charge < -0.3 is 8.83 Å². The van der Waals surface area contributed by atoms with Gasteiger partial charge in [-0.1, -0.05) is 12.1 Å². The van der Waals surface area contributed by atoms with Crippen LogP contribution in [0.2, 0.25) is 0 Å². The Morgan fingerprint density at radius 3 is 1.32 bits per heavy atom. The minimum Gasteiger partial charge on any atom is -0.436 e. The number of rotatable bonds is 2. The SMILES string of the molecule is Cc1ccc2nc(-c3ccc(-c4nc5ccc(C)c(C)c5o4)cc3)oc2c1C. The normalized spacial score (nSPS) is 11.6. The lowest BCUT2D eigenvalue weighted by molar-refractivity contribution is 0.615. The number of oxazole rings is 2. The second-order valence-corrected chi connectivity index (χ2v) is 7.33. The third-order valence-electron chi connectivity index (χ3n) is 5.53. The maximum atomic E-state index is 6.04. The molecular weight excluding hydrogens is 348 g/mol. The Balaban J connectivity index is 1.54. The van der Waals surface area contributed by atoms with Gasteiger partial charge in [-0.25, -0.2) is 9.97 Å². The highest BCUT2D eigenvalue weighted by atomic mass is 16.4. The first-order valence-electron chi connectivity index (χ1n) is 9.35. The molecule has 4 nitrogen and oxygen atoms in total. The van der Waals surface area contributed by atoms with E-state index in [1.165, 1.54) is 11.1 Å². The van der Waals surface area contributed by atoms with Crippen LogP contribution >= 0.6 is 0 Å². The summed E-state index contributed by atoms with van der Waals surface area (Å²) in [6.45, 7) is 8.28. The summed E-state index contributed by atoms with van der Waals surface area (Å²) in [5.41, 5.74) is 9.99. The monoisotopic (exact) mass is 368 g/mol. The van der Waals surface area contributed by atoms with Crippen molar-refractivity contribution in [1.29, 1.82) is 0 Å². The van der Waals surface area contributed by atoms with Crippen LogP contribution in [-0.2, 0) is 0 Å². The highest BCUT2D eigenvalue weighted by Crippen LogP contribution is 2.31. The zero-order valence-corrected chi connectivity index (χ0v) is 16.3. The van der Waals surface area contributed by atoms with E-state index in [9.17, 15) is 0 Å². The van der Waals surface area contributed by atoms with Gasteiger partial charge in [0.25, 0.3) is 0 Å². The number of benzene rings is 3. The smallest absolute Gasteiger partial charge is 0.227 e. The van der Waals surface area contributed by atoms with Crippen LogP contribution in [0, 0.1) is 27.7 Å². The third kappa shape index (κ3) is 2.53. The first-order chi connectivity index (χ1) is 13.5. The van der Waals surface area contributed by atoms with Gasteiger partial charge in [0.05, 0.1) is 0 Å². The molecule has 0 aliphatic heterocycles. The lowest BCUT2D eigenvalue weighted by Crippen LogP contribution is -1.80. The summed E-state index contributed by atoms with van der Waals surface area (Å²) in [7, 11) is 0. The molecule has 0 unspecified atom stereocenters. The van der Waals surface area contributed by atoms with Crippen molar-refractivity contribution in [3.63, 3.8) is 0 Å². The number of nitrogens with zero attached hydrogens (tertiary/aromatic N) is 2. The van der Waals surface area contributed by atoms with Crippen molar-refractivity contribution < 1.29 is 8.83 Å². The summed E-state index contributed by atoms with van der Waals surface area (Å²) in [5.74, 6) is 1.25. The number of aromatic nitrogens is 2. The molecule has 0 radical (unpaired) electrons. The average Bonchev–Trinajstić information content (AvgIpc) is 3.33. The highest BCUT2D eigenvalue weighted by molar-refractivity contribution is 5.82. The average molecular weight is 368 g/mol. The van der Waals surface area contributed by atoms with Crippen LogP contribution in [0.5, 0.6) is 0 Å². The quantitative estimate of drug-likeness (QED) is 0.355. The molecule has 28 heavy (non-hydrogen) atoms. The van der Waals surface area contributed by atoms with Gasteiger partial charge in [-0.2, -0.15) is 0 Å². The van der Waals surface area contributed by atoms with Gasteiger partial charge in [0.15, 0.2) is 11.2 Å². The van der Waals surface area contributed by atoms with E-state index in [1.54, 1.807) is 0 Å². The van der Waals surface area contributed by atoms with Crippen LogP contribution in [0.1, 0.15) is 22.3 Å². The third-order valence-corrected chi connectivity index (χ3v) is 5.53. The molecular formula is C24H20N2O2. The Morgan fingerprint density at radius 1 is 0.536 bits per heavy atom. The second-order valence-electron chi connectivity index (χ2n) is 7.33. The maximum Gasteiger partial charge on any atom is 0.227 e. The Kier molecular flexibility index (Phi) is 3.63. The van der Waals surface area contributed by atoms with Crippen molar-refractivity contribution in [3.8, 4) is 22.9 Å². The predicted molar refractivity (Wildman–Crippen MR) is 111 cm³/mol. The summed E-state index contributed by atoms with van der Waals surface area (Å²) < 4.78 is 12.1. The van der Waals surface area contributed by atoms with Gasteiger partial charge in [-0.05, 0) is 86.3 Å². The zero-order chi connectivity index (χ0) is 19.4. The molecule has 0 amide bonds. The molecule has 0 aliphatic carbocycles. The minimum atomic E-state index is 0.624. The van der Waals surface area contributed by atoms with E-state index >= 15 is 0 Å². The van der Waals surface area contributed by atoms with E-state index in [0.29, 0.717) is 11.8 Å². The van der Waals surface area contributed by atoms with Gasteiger partial charge >= 0.3 is 0 Å². The molecule has 2 aromatic heterocycles. The Morgan fingerprint density at radius 2 is 0.929 bits per heavy atom. The number of hydrogen-bond donors (Lipinski definition) is 0. The molecule has 0 atom stereocenters. The number of hydrogen-bond acceptors (Lipinski definition) is 4. The zero-order valence-electron chi connectivity index (χ0n) is 16.3. The van der Waals surface area contributed by atoms with Gasteiger partial charge in [0.1, 0.15) is 11.0 Å². The molecule has 0 saturated heterocycles. The van der Waals surface area contributed by atoms with Crippen LogP contribution < -0.4 is 0 Å². The summed E-state index contributed by atoms with van der Waals surface area (Å²) in [5, 5.41) is 0. The Bertz CT molecular complexity index is 1240. The van der Waals surface area contributed by atoms with Crippen molar-refractivity contribution in [2.45, 2.75) is 27.7 Å². The fraction of sp³-hybridized carbons (Fsp3) is 0.167. The van der Waals surface area contributed by atoms with Crippen molar-refractivity contribution >= 4 is 22.2 Å². The molecule has 138 valence electrons. The van der Waals surface area contributed by atoms with Crippen molar-refractivity contribution in [2.24, 2.45) is 0 Å². The van der Waals surface area contributed by atoms with Crippen LogP contribution in [0.3, 0.4) is 0 Å². The van der Waals surface area contributed by atoms with E-state index in [4.69, 9.17) is 8.83 Å². The summed E-state index contributed by atoms with van der Waals surface area (Å²) in [6, 6.07) is 16.1. The Labute approximate surface area is 162 Å². The van der Waals surface area contributed by atoms with Crippen molar-refractivity contribution in [3.05, 3.63) is 70.8 Å². The van der Waals surface area contributed by atoms with Crippen molar-refractivity contribution in [2.75, 3.05) is 0 Å². The van der Waals surface area contributed by atoms with Gasteiger partial charge in [0.2, 0.25) is 11.8 Å². The maximum absolute atomic E-state index is 6.04. The van der Waals surface area contributed by atoms with Crippen LogP contribution in [0.15, 0.2) is 57.4 Å². The van der Waals surface area contributed by atoms with Gasteiger partial charge in [0, 0.05) is 11.1 Å². The molecule has 0 bridgehead atoms. The molecule has 2 heterocycles. The molecule has 5 rings (SSSR count). The minimum absolute atomic E-state index is 0.624. The number of fused-ring (bicyclic) bond motifs is 2. The van der Waals surface area contributed by atoms with Crippen LogP contribution in [0.4, 0.5) is 0 Å². The first-order valence-corrected chi connectivity index (χ1v) is 9.35. The van der Waals surface area contributed by atoms with E-state index in [0.717, 1.165) is 44.5 Å². The van der Waals surface area contributed by atoms with Gasteiger partial charge in [-0.15, -0.1) is 0 Å². The fourth-order valence-corrected chi connectivity index (χ4v) is 3.45. The van der Waals surface area contributed by atoms with Crippen LogP contribution in [0.25, 0.3) is 45.1 Å². The van der Waals surface area contributed by atoms with Gasteiger partial charge in [-0.3, -0.25) is 0 Å². The first kappa shape index (κ1) is 16.8. The second kappa shape index (κ2) is 6.06. The summed E-state index contributed by atoms with van der Waals surface area (Å²) >= 11 is 0. The van der Waals surface area contributed by atoms with E-state index in [-0.39, 0.29) is 0 Å². The van der Waals surface area contributed by atoms with Crippen LogP contribution in [-0.4, -0.2) is 9.97 Å². The van der Waals surface area contributed by atoms with E-state index < -0.39 is 0 Å². The molecule has 0 aliphatic rings. The molecule has 0 spiro atoms. The molecule has 4 heteroatoms. The Hall–Kier alpha value is -3.40. The summed E-state index contributed by atoms with van der Waals surface area (Å²) in [4.78, 5) is 9.28. The molecule has 0 fully saturated rings. The number of aryl methyl sites for hydroxylation is 4. The molecule has 5 aromatic rings.